The SMILES string of the molecule is CC(NCCc1ncc[nH]1)C1CCCC1. The number of H-pyrrole nitrogens is 1. The highest BCUT2D eigenvalue weighted by molar-refractivity contribution is 4.88. The molecule has 1 aliphatic rings. The summed E-state index contributed by atoms with van der Waals surface area (Å²) in [6.45, 7) is 3.35. The van der Waals surface area contributed by atoms with Gasteiger partial charge < -0.3 is 10.3 Å². The monoisotopic (exact) mass is 207 g/mol. The Morgan fingerprint density at radius 1 is 1.53 bits per heavy atom. The Balaban J connectivity index is 1.64. The summed E-state index contributed by atoms with van der Waals surface area (Å²) >= 11 is 0. The molecule has 0 saturated heterocycles. The summed E-state index contributed by atoms with van der Waals surface area (Å²) in [6.07, 6.45) is 10.4. The van der Waals surface area contributed by atoms with Crippen molar-refractivity contribution in [2.75, 3.05) is 6.54 Å². The maximum atomic E-state index is 4.22. The lowest BCUT2D eigenvalue weighted by atomic mass is 10.00. The van der Waals surface area contributed by atoms with Crippen LogP contribution in [-0.2, 0) is 6.42 Å². The summed E-state index contributed by atoms with van der Waals surface area (Å²) in [4.78, 5) is 7.34. The highest BCUT2D eigenvalue weighted by Crippen LogP contribution is 2.27. The summed E-state index contributed by atoms with van der Waals surface area (Å²) < 4.78 is 0. The molecule has 0 aromatic carbocycles. The van der Waals surface area contributed by atoms with E-state index in [-0.39, 0.29) is 0 Å². The maximum Gasteiger partial charge on any atom is 0.107 e. The number of nitrogens with one attached hydrogen (secondary N) is 2. The summed E-state index contributed by atoms with van der Waals surface area (Å²) in [5.41, 5.74) is 0. The fourth-order valence-electron chi connectivity index (χ4n) is 2.48. The molecule has 1 aliphatic carbocycles. The van der Waals surface area contributed by atoms with Crippen LogP contribution >= 0.6 is 0 Å². The van der Waals surface area contributed by atoms with Crippen LogP contribution < -0.4 is 5.32 Å². The lowest BCUT2D eigenvalue weighted by molar-refractivity contribution is 0.383. The molecule has 1 unspecified atom stereocenters. The van der Waals surface area contributed by atoms with Gasteiger partial charge in [0.25, 0.3) is 0 Å². The van der Waals surface area contributed by atoms with Crippen molar-refractivity contribution in [3.05, 3.63) is 18.2 Å². The molecule has 0 aliphatic heterocycles. The topological polar surface area (TPSA) is 40.7 Å². The molecular weight excluding hydrogens is 186 g/mol. The van der Waals surface area contributed by atoms with E-state index in [0.29, 0.717) is 6.04 Å². The van der Waals surface area contributed by atoms with Crippen molar-refractivity contribution in [1.82, 2.24) is 15.3 Å². The highest BCUT2D eigenvalue weighted by atomic mass is 14.9. The molecule has 0 radical (unpaired) electrons. The first-order valence-corrected chi connectivity index (χ1v) is 6.08. The number of rotatable bonds is 5. The second kappa shape index (κ2) is 5.31. The molecule has 15 heavy (non-hydrogen) atoms. The van der Waals surface area contributed by atoms with Crippen LogP contribution in [0.1, 0.15) is 38.4 Å². The second-order valence-corrected chi connectivity index (χ2v) is 4.57. The molecule has 1 aromatic rings. The number of hydrogen-bond donors (Lipinski definition) is 2. The summed E-state index contributed by atoms with van der Waals surface area (Å²) in [5, 5.41) is 3.60. The minimum Gasteiger partial charge on any atom is -0.349 e. The van der Waals surface area contributed by atoms with Gasteiger partial charge >= 0.3 is 0 Å². The minimum absolute atomic E-state index is 0.669. The normalized spacial score (nSPS) is 19.5. The Hall–Kier alpha value is -0.830. The van der Waals surface area contributed by atoms with Gasteiger partial charge in [-0.15, -0.1) is 0 Å². The van der Waals surface area contributed by atoms with Crippen molar-refractivity contribution >= 4 is 0 Å². The quantitative estimate of drug-likeness (QED) is 0.776. The van der Waals surface area contributed by atoms with E-state index < -0.39 is 0 Å². The fourth-order valence-corrected chi connectivity index (χ4v) is 2.48. The van der Waals surface area contributed by atoms with Crippen LogP contribution in [0.3, 0.4) is 0 Å². The zero-order valence-electron chi connectivity index (χ0n) is 9.50. The second-order valence-electron chi connectivity index (χ2n) is 4.57. The molecule has 3 heteroatoms. The summed E-state index contributed by atoms with van der Waals surface area (Å²) in [6, 6.07) is 0.669. The molecular formula is C12H21N3. The van der Waals surface area contributed by atoms with Crippen molar-refractivity contribution in [2.45, 2.75) is 45.1 Å². The molecule has 1 atom stereocenters. The highest BCUT2D eigenvalue weighted by Gasteiger charge is 2.20. The zero-order chi connectivity index (χ0) is 10.5. The van der Waals surface area contributed by atoms with E-state index in [1.165, 1.54) is 25.7 Å². The van der Waals surface area contributed by atoms with E-state index in [1.54, 1.807) is 0 Å². The third-order valence-corrected chi connectivity index (χ3v) is 3.49. The van der Waals surface area contributed by atoms with Gasteiger partial charge in [0.15, 0.2) is 0 Å². The van der Waals surface area contributed by atoms with Crippen LogP contribution in [0.25, 0.3) is 0 Å². The molecule has 2 N–H and O–H groups in total. The van der Waals surface area contributed by atoms with E-state index in [9.17, 15) is 0 Å². The van der Waals surface area contributed by atoms with Crippen molar-refractivity contribution in [2.24, 2.45) is 5.92 Å². The number of nitrogens with zero attached hydrogens (tertiary/aromatic N) is 1. The Morgan fingerprint density at radius 3 is 3.00 bits per heavy atom. The molecule has 3 nitrogen and oxygen atoms in total. The van der Waals surface area contributed by atoms with Gasteiger partial charge in [-0.05, 0) is 25.7 Å². The lowest BCUT2D eigenvalue weighted by Gasteiger charge is -2.19. The average Bonchev–Trinajstić information content (AvgIpc) is 2.90. The predicted octanol–water partition coefficient (Wildman–Crippen LogP) is 2.12. The van der Waals surface area contributed by atoms with Crippen molar-refractivity contribution in [3.63, 3.8) is 0 Å². The average molecular weight is 207 g/mol. The standard InChI is InChI=1S/C12H21N3/c1-10(11-4-2-3-5-11)13-7-6-12-14-8-9-15-12/h8-11,13H,2-7H2,1H3,(H,14,15). The largest absolute Gasteiger partial charge is 0.349 e. The molecule has 84 valence electrons. The van der Waals surface area contributed by atoms with Gasteiger partial charge in [-0.3, -0.25) is 0 Å². The fraction of sp³-hybridized carbons (Fsp3) is 0.750. The number of hydrogen-bond acceptors (Lipinski definition) is 2. The number of aromatic amines is 1. The molecule has 0 bridgehead atoms. The van der Waals surface area contributed by atoms with Crippen LogP contribution in [0, 0.1) is 5.92 Å². The van der Waals surface area contributed by atoms with Gasteiger partial charge in [0.1, 0.15) is 5.82 Å². The van der Waals surface area contributed by atoms with E-state index in [1.807, 2.05) is 12.4 Å². The van der Waals surface area contributed by atoms with E-state index in [4.69, 9.17) is 0 Å². The zero-order valence-corrected chi connectivity index (χ0v) is 9.50. The minimum atomic E-state index is 0.669. The first kappa shape index (κ1) is 10.7. The third kappa shape index (κ3) is 3.06. The van der Waals surface area contributed by atoms with Gasteiger partial charge in [-0.25, -0.2) is 4.98 Å². The van der Waals surface area contributed by atoms with Gasteiger partial charge in [-0.1, -0.05) is 12.8 Å². The molecule has 1 saturated carbocycles. The van der Waals surface area contributed by atoms with Crippen LogP contribution in [0.2, 0.25) is 0 Å². The Morgan fingerprint density at radius 2 is 2.33 bits per heavy atom. The van der Waals surface area contributed by atoms with Gasteiger partial charge in [0, 0.05) is 31.4 Å². The summed E-state index contributed by atoms with van der Waals surface area (Å²) in [7, 11) is 0. The maximum absolute atomic E-state index is 4.22. The molecule has 0 spiro atoms. The predicted molar refractivity (Wildman–Crippen MR) is 61.7 cm³/mol. The lowest BCUT2D eigenvalue weighted by Crippen LogP contribution is -2.33. The number of aromatic nitrogens is 2. The first-order chi connectivity index (χ1) is 7.36. The van der Waals surface area contributed by atoms with Gasteiger partial charge in [0.2, 0.25) is 0 Å². The molecule has 1 heterocycles. The molecule has 2 rings (SSSR count). The van der Waals surface area contributed by atoms with Crippen LogP contribution in [0.5, 0.6) is 0 Å². The first-order valence-electron chi connectivity index (χ1n) is 6.08. The van der Waals surface area contributed by atoms with E-state index in [0.717, 1.165) is 24.7 Å². The molecule has 0 amide bonds. The Kier molecular flexibility index (Phi) is 3.78. The van der Waals surface area contributed by atoms with Crippen LogP contribution in [0.4, 0.5) is 0 Å². The smallest absolute Gasteiger partial charge is 0.107 e. The van der Waals surface area contributed by atoms with E-state index in [2.05, 4.69) is 22.2 Å². The number of imidazole rings is 1. The van der Waals surface area contributed by atoms with Crippen LogP contribution in [-0.4, -0.2) is 22.6 Å². The Labute approximate surface area is 91.7 Å². The molecule has 1 aromatic heterocycles. The van der Waals surface area contributed by atoms with Crippen molar-refractivity contribution in [1.29, 1.82) is 0 Å². The van der Waals surface area contributed by atoms with E-state index >= 15 is 0 Å². The Bertz CT molecular complexity index is 262. The summed E-state index contributed by atoms with van der Waals surface area (Å²) in [5.74, 6) is 1.99. The third-order valence-electron chi connectivity index (χ3n) is 3.49. The molecule has 1 fully saturated rings. The van der Waals surface area contributed by atoms with Gasteiger partial charge in [-0.2, -0.15) is 0 Å². The van der Waals surface area contributed by atoms with Crippen molar-refractivity contribution in [3.8, 4) is 0 Å². The van der Waals surface area contributed by atoms with Gasteiger partial charge in [0.05, 0.1) is 0 Å². The van der Waals surface area contributed by atoms with Crippen LogP contribution in [0.15, 0.2) is 12.4 Å². The van der Waals surface area contributed by atoms with Crippen molar-refractivity contribution < 1.29 is 0 Å².